The first-order valence-electron chi connectivity index (χ1n) is 12.3. The van der Waals surface area contributed by atoms with Gasteiger partial charge in [-0.1, -0.05) is 78.9 Å². The predicted octanol–water partition coefficient (Wildman–Crippen LogP) is 6.89. The molecule has 0 bridgehead atoms. The Balaban J connectivity index is 1.50. The Bertz CT molecular complexity index is 1430. The third-order valence-electron chi connectivity index (χ3n) is 7.04. The van der Waals surface area contributed by atoms with Crippen molar-refractivity contribution in [2.45, 2.75) is 31.2 Å². The molecule has 4 nitrogen and oxygen atoms in total. The molecule has 2 aliphatic rings. The molecule has 2 atom stereocenters. The van der Waals surface area contributed by atoms with Crippen molar-refractivity contribution >= 4 is 34.4 Å². The Hall–Kier alpha value is -3.96. The Kier molecular flexibility index (Phi) is 5.99. The largest absolute Gasteiger partial charge is 0.357 e. The third-order valence-corrected chi connectivity index (χ3v) is 7.96. The maximum atomic E-state index is 14.0. The molecule has 0 fully saturated rings. The molecular formula is C31H26N2O2S. The third kappa shape index (κ3) is 4.16. The van der Waals surface area contributed by atoms with Crippen LogP contribution in [0.25, 0.3) is 0 Å². The fourth-order valence-electron chi connectivity index (χ4n) is 5.40. The van der Waals surface area contributed by atoms with Gasteiger partial charge in [0, 0.05) is 22.6 Å². The second kappa shape index (κ2) is 9.59. The van der Waals surface area contributed by atoms with Crippen LogP contribution in [-0.4, -0.2) is 11.7 Å². The zero-order valence-corrected chi connectivity index (χ0v) is 20.6. The number of rotatable bonds is 4. The Morgan fingerprint density at radius 1 is 0.861 bits per heavy atom. The van der Waals surface area contributed by atoms with Crippen molar-refractivity contribution in [3.63, 3.8) is 0 Å². The van der Waals surface area contributed by atoms with Crippen LogP contribution in [-0.2, 0) is 16.0 Å². The number of anilines is 2. The summed E-state index contributed by atoms with van der Waals surface area (Å²) < 4.78 is 0. The van der Waals surface area contributed by atoms with Crippen LogP contribution in [0.15, 0.2) is 114 Å². The first-order chi connectivity index (χ1) is 17.7. The highest BCUT2D eigenvalue weighted by Gasteiger charge is 2.41. The number of carbonyl (C=O) groups is 2. The van der Waals surface area contributed by atoms with E-state index in [0.717, 1.165) is 33.9 Å². The number of amides is 1. The molecule has 0 saturated carbocycles. The number of carbonyl (C=O) groups excluding carboxylic acids is 2. The van der Waals surface area contributed by atoms with Crippen LogP contribution in [0, 0.1) is 0 Å². The number of benzene rings is 3. The van der Waals surface area contributed by atoms with Crippen molar-refractivity contribution < 1.29 is 9.59 Å². The summed E-state index contributed by atoms with van der Waals surface area (Å²) in [6, 6.07) is 31.5. The van der Waals surface area contributed by atoms with Gasteiger partial charge in [-0.25, -0.2) is 0 Å². The average molecular weight is 491 g/mol. The number of ketones is 1. The highest BCUT2D eigenvalue weighted by atomic mass is 32.1. The van der Waals surface area contributed by atoms with E-state index in [9.17, 15) is 9.59 Å². The minimum atomic E-state index is -0.461. The molecule has 1 aliphatic heterocycles. The molecule has 1 amide bonds. The quantitative estimate of drug-likeness (QED) is 0.339. The van der Waals surface area contributed by atoms with Gasteiger partial charge in [-0.15, -0.1) is 11.3 Å². The number of fused-ring (bicyclic) bond motifs is 1. The first-order valence-corrected chi connectivity index (χ1v) is 13.1. The van der Waals surface area contributed by atoms with Gasteiger partial charge >= 0.3 is 0 Å². The molecule has 0 unspecified atom stereocenters. The summed E-state index contributed by atoms with van der Waals surface area (Å²) in [7, 11) is 0. The van der Waals surface area contributed by atoms with E-state index in [4.69, 9.17) is 0 Å². The van der Waals surface area contributed by atoms with Crippen LogP contribution in [0.2, 0.25) is 0 Å². The van der Waals surface area contributed by atoms with E-state index in [1.54, 1.807) is 11.3 Å². The summed E-state index contributed by atoms with van der Waals surface area (Å²) in [4.78, 5) is 30.8. The second-order valence-corrected chi connectivity index (χ2v) is 10.3. The van der Waals surface area contributed by atoms with Gasteiger partial charge < -0.3 is 5.32 Å². The number of allylic oxidation sites excluding steroid dienone is 1. The summed E-state index contributed by atoms with van der Waals surface area (Å²) in [5.41, 5.74) is 5.40. The van der Waals surface area contributed by atoms with E-state index in [0.29, 0.717) is 12.0 Å². The SMILES string of the molecule is O=C1C[C@H](c2ccccc2)CC2=C1[C@@H](c1cccs1)N(C(=O)Cc1ccccc1)c1ccccc1N2. The average Bonchev–Trinajstić information content (AvgIpc) is 3.39. The van der Waals surface area contributed by atoms with E-state index < -0.39 is 6.04 Å². The monoisotopic (exact) mass is 490 g/mol. The molecule has 178 valence electrons. The molecule has 2 heterocycles. The number of hydrogen-bond donors (Lipinski definition) is 1. The summed E-state index contributed by atoms with van der Waals surface area (Å²) in [5.74, 6) is 0.176. The molecule has 3 aromatic carbocycles. The lowest BCUT2D eigenvalue weighted by atomic mass is 9.79. The van der Waals surface area contributed by atoms with Gasteiger partial charge in [-0.2, -0.15) is 0 Å². The maximum absolute atomic E-state index is 14.0. The number of hydrogen-bond acceptors (Lipinski definition) is 4. The maximum Gasteiger partial charge on any atom is 0.232 e. The van der Waals surface area contributed by atoms with E-state index in [1.807, 2.05) is 95.2 Å². The lowest BCUT2D eigenvalue weighted by Crippen LogP contribution is -2.39. The predicted molar refractivity (Wildman–Crippen MR) is 145 cm³/mol. The van der Waals surface area contributed by atoms with Crippen LogP contribution in [0.5, 0.6) is 0 Å². The van der Waals surface area contributed by atoms with Gasteiger partial charge in [0.05, 0.1) is 17.8 Å². The number of nitrogens with one attached hydrogen (secondary N) is 1. The van der Waals surface area contributed by atoms with Crippen molar-refractivity contribution in [3.8, 4) is 0 Å². The smallest absolute Gasteiger partial charge is 0.232 e. The molecule has 1 aromatic heterocycles. The first kappa shape index (κ1) is 22.5. The number of para-hydroxylation sites is 2. The van der Waals surface area contributed by atoms with Gasteiger partial charge in [0.2, 0.25) is 5.91 Å². The zero-order chi connectivity index (χ0) is 24.5. The molecule has 0 spiro atoms. The molecule has 36 heavy (non-hydrogen) atoms. The number of nitrogens with zero attached hydrogens (tertiary/aromatic N) is 1. The minimum absolute atomic E-state index is 0.0272. The highest BCUT2D eigenvalue weighted by Crippen LogP contribution is 2.48. The van der Waals surface area contributed by atoms with Crippen LogP contribution in [0.3, 0.4) is 0 Å². The summed E-state index contributed by atoms with van der Waals surface area (Å²) >= 11 is 1.59. The summed E-state index contributed by atoms with van der Waals surface area (Å²) in [6.45, 7) is 0. The van der Waals surface area contributed by atoms with Gasteiger partial charge in [0.15, 0.2) is 5.78 Å². The molecule has 4 aromatic rings. The van der Waals surface area contributed by atoms with E-state index in [1.165, 1.54) is 5.56 Å². The van der Waals surface area contributed by atoms with E-state index in [-0.39, 0.29) is 24.0 Å². The Morgan fingerprint density at radius 2 is 1.58 bits per heavy atom. The van der Waals surface area contributed by atoms with E-state index in [2.05, 4.69) is 17.4 Å². The molecule has 1 aliphatic carbocycles. The standard InChI is InChI=1S/C31H26N2O2S/c34-27-20-23(22-12-5-2-6-13-22)19-25-30(27)31(28-16-9-17-36-28)33(26-15-8-7-14-24(26)32-25)29(35)18-21-10-3-1-4-11-21/h1-17,23,31-32H,18-20H2/t23-,31-/m1/s1. The summed E-state index contributed by atoms with van der Waals surface area (Å²) in [6.07, 6.45) is 1.42. The number of thiophene rings is 1. The van der Waals surface area contributed by atoms with E-state index >= 15 is 0 Å². The van der Waals surface area contributed by atoms with Gasteiger partial charge in [-0.05, 0) is 47.0 Å². The minimum Gasteiger partial charge on any atom is -0.357 e. The lowest BCUT2D eigenvalue weighted by molar-refractivity contribution is -0.118. The van der Waals surface area contributed by atoms with Crippen molar-refractivity contribution in [3.05, 3.63) is 130 Å². The van der Waals surface area contributed by atoms with Crippen molar-refractivity contribution in [1.29, 1.82) is 0 Å². The number of Topliss-reactive ketones (excluding diaryl/α,β-unsaturated/α-hetero) is 1. The van der Waals surface area contributed by atoms with Crippen LogP contribution < -0.4 is 10.2 Å². The molecule has 0 radical (unpaired) electrons. The summed E-state index contributed by atoms with van der Waals surface area (Å²) in [5, 5.41) is 5.62. The topological polar surface area (TPSA) is 49.4 Å². The van der Waals surface area contributed by atoms with Crippen molar-refractivity contribution in [2.24, 2.45) is 0 Å². The fourth-order valence-corrected chi connectivity index (χ4v) is 6.22. The fraction of sp³-hybridized carbons (Fsp3) is 0.161. The molecule has 0 saturated heterocycles. The highest BCUT2D eigenvalue weighted by molar-refractivity contribution is 7.10. The molecular weight excluding hydrogens is 464 g/mol. The van der Waals surface area contributed by atoms with Crippen LogP contribution in [0.1, 0.15) is 40.8 Å². The lowest BCUT2D eigenvalue weighted by Gasteiger charge is -2.34. The normalized spacial score (nSPS) is 19.2. The van der Waals surface area contributed by atoms with Gasteiger partial charge in [0.1, 0.15) is 6.04 Å². The molecule has 5 heteroatoms. The van der Waals surface area contributed by atoms with Crippen molar-refractivity contribution in [1.82, 2.24) is 0 Å². The Labute approximate surface area is 214 Å². The zero-order valence-electron chi connectivity index (χ0n) is 19.8. The van der Waals surface area contributed by atoms with Gasteiger partial charge in [0.25, 0.3) is 0 Å². The molecule has 1 N–H and O–H groups in total. The Morgan fingerprint density at radius 3 is 2.33 bits per heavy atom. The van der Waals surface area contributed by atoms with Crippen molar-refractivity contribution in [2.75, 3.05) is 10.2 Å². The van der Waals surface area contributed by atoms with Crippen LogP contribution >= 0.6 is 11.3 Å². The molecule has 6 rings (SSSR count). The van der Waals surface area contributed by atoms with Crippen LogP contribution in [0.4, 0.5) is 11.4 Å². The second-order valence-electron chi connectivity index (χ2n) is 9.32. The van der Waals surface area contributed by atoms with Gasteiger partial charge in [-0.3, -0.25) is 14.5 Å².